The molecule has 0 radical (unpaired) electrons. The molecule has 0 atom stereocenters. The van der Waals surface area contributed by atoms with E-state index in [1.54, 1.807) is 25.3 Å². The van der Waals surface area contributed by atoms with Gasteiger partial charge in [-0.05, 0) is 55.2 Å². The second-order valence-corrected chi connectivity index (χ2v) is 5.56. The van der Waals surface area contributed by atoms with E-state index in [-0.39, 0.29) is 11.6 Å². The molecule has 2 nitrogen and oxygen atoms in total. The predicted octanol–water partition coefficient (Wildman–Crippen LogP) is 5.22. The first-order chi connectivity index (χ1) is 11.0. The zero-order chi connectivity index (χ0) is 16.8. The fraction of sp³-hybridized carbons (Fsp3) is 0.200. The van der Waals surface area contributed by atoms with Crippen LogP contribution in [0.3, 0.4) is 0 Å². The first kappa shape index (κ1) is 16.8. The molecule has 0 aliphatic carbocycles. The molecule has 2 rings (SSSR count). The van der Waals surface area contributed by atoms with E-state index >= 15 is 0 Å². The molecule has 1 N–H and O–H groups in total. The summed E-state index contributed by atoms with van der Waals surface area (Å²) >= 11 is 0. The summed E-state index contributed by atoms with van der Waals surface area (Å²) in [4.78, 5) is 0. The van der Waals surface area contributed by atoms with Crippen molar-refractivity contribution < 1.29 is 14.2 Å². The van der Waals surface area contributed by atoms with Gasteiger partial charge in [-0.25, -0.2) is 4.39 Å². The fourth-order valence-corrected chi connectivity index (χ4v) is 2.29. The van der Waals surface area contributed by atoms with Crippen LogP contribution in [0, 0.1) is 5.82 Å². The highest BCUT2D eigenvalue weighted by molar-refractivity contribution is 5.71. The van der Waals surface area contributed by atoms with Crippen molar-refractivity contribution >= 4 is 12.2 Å². The second kappa shape index (κ2) is 7.63. The molecule has 0 aliphatic heterocycles. The van der Waals surface area contributed by atoms with Crippen LogP contribution < -0.4 is 4.74 Å². The van der Waals surface area contributed by atoms with Crippen molar-refractivity contribution in [3.05, 3.63) is 71.1 Å². The number of hydrogen-bond donors (Lipinski definition) is 1. The molecular formula is C20H21FO2. The summed E-state index contributed by atoms with van der Waals surface area (Å²) in [6.07, 6.45) is 5.21. The van der Waals surface area contributed by atoms with E-state index in [9.17, 15) is 9.50 Å². The maximum atomic E-state index is 12.9. The predicted molar refractivity (Wildman–Crippen MR) is 93.1 cm³/mol. The van der Waals surface area contributed by atoms with Gasteiger partial charge in [0.2, 0.25) is 0 Å². The third kappa shape index (κ3) is 4.71. The topological polar surface area (TPSA) is 29.5 Å². The number of rotatable bonds is 6. The van der Waals surface area contributed by atoms with Gasteiger partial charge in [-0.3, -0.25) is 0 Å². The van der Waals surface area contributed by atoms with Crippen LogP contribution >= 0.6 is 0 Å². The van der Waals surface area contributed by atoms with E-state index in [0.29, 0.717) is 12.2 Å². The van der Waals surface area contributed by atoms with Crippen LogP contribution in [0.25, 0.3) is 12.2 Å². The van der Waals surface area contributed by atoms with Gasteiger partial charge in [0.05, 0.1) is 7.11 Å². The summed E-state index contributed by atoms with van der Waals surface area (Å²) in [5, 5.41) is 10.3. The maximum Gasteiger partial charge on any atom is 0.126 e. The van der Waals surface area contributed by atoms with E-state index in [0.717, 1.165) is 28.7 Å². The van der Waals surface area contributed by atoms with Crippen LogP contribution in [0.1, 0.15) is 30.0 Å². The van der Waals surface area contributed by atoms with E-state index in [4.69, 9.17) is 4.74 Å². The lowest BCUT2D eigenvalue weighted by atomic mass is 10.0. The Morgan fingerprint density at radius 3 is 2.43 bits per heavy atom. The Morgan fingerprint density at radius 2 is 1.83 bits per heavy atom. The first-order valence-electron chi connectivity index (χ1n) is 7.47. The van der Waals surface area contributed by atoms with E-state index < -0.39 is 0 Å². The molecule has 0 bridgehead atoms. The third-order valence-electron chi connectivity index (χ3n) is 3.57. The lowest BCUT2D eigenvalue weighted by Crippen LogP contribution is -1.95. The minimum atomic E-state index is -0.261. The van der Waals surface area contributed by atoms with Gasteiger partial charge in [0.15, 0.2) is 0 Å². The highest BCUT2D eigenvalue weighted by Crippen LogP contribution is 2.32. The van der Waals surface area contributed by atoms with E-state index in [1.165, 1.54) is 12.1 Å². The largest absolute Gasteiger partial charge is 0.508 e. The van der Waals surface area contributed by atoms with E-state index in [2.05, 4.69) is 6.58 Å². The molecular weight excluding hydrogens is 291 g/mol. The molecule has 0 spiro atoms. The molecule has 0 amide bonds. The molecule has 0 saturated heterocycles. The van der Waals surface area contributed by atoms with Crippen molar-refractivity contribution in [2.45, 2.75) is 19.8 Å². The average molecular weight is 312 g/mol. The van der Waals surface area contributed by atoms with Crippen LogP contribution in [0.4, 0.5) is 4.39 Å². The summed E-state index contributed by atoms with van der Waals surface area (Å²) < 4.78 is 18.3. The van der Waals surface area contributed by atoms with Crippen molar-refractivity contribution in [3.63, 3.8) is 0 Å². The van der Waals surface area contributed by atoms with Gasteiger partial charge in [-0.2, -0.15) is 0 Å². The Morgan fingerprint density at radius 1 is 1.17 bits per heavy atom. The molecule has 0 fully saturated rings. The Kier molecular flexibility index (Phi) is 5.58. The van der Waals surface area contributed by atoms with Crippen molar-refractivity contribution in [1.82, 2.24) is 0 Å². The van der Waals surface area contributed by atoms with Crippen molar-refractivity contribution in [1.29, 1.82) is 0 Å². The van der Waals surface area contributed by atoms with Crippen molar-refractivity contribution in [2.75, 3.05) is 7.11 Å². The fourth-order valence-electron chi connectivity index (χ4n) is 2.29. The highest BCUT2D eigenvalue weighted by atomic mass is 19.1. The average Bonchev–Trinajstić information content (AvgIpc) is 2.52. The summed E-state index contributed by atoms with van der Waals surface area (Å²) in [7, 11) is 1.59. The Labute approximate surface area is 136 Å². The lowest BCUT2D eigenvalue weighted by molar-refractivity contribution is 0.399. The van der Waals surface area contributed by atoms with Crippen LogP contribution in [0.15, 0.2) is 48.6 Å². The number of aromatic hydroxyl groups is 1. The van der Waals surface area contributed by atoms with Crippen molar-refractivity contribution in [2.24, 2.45) is 0 Å². The zero-order valence-electron chi connectivity index (χ0n) is 13.5. The van der Waals surface area contributed by atoms with Crippen LogP contribution in [0.2, 0.25) is 0 Å². The number of allylic oxidation sites excluding steroid dienone is 1. The quantitative estimate of drug-likeness (QED) is 0.585. The second-order valence-electron chi connectivity index (χ2n) is 5.56. The number of phenolic OH excluding ortho intramolecular Hbond substituents is 1. The van der Waals surface area contributed by atoms with Gasteiger partial charge >= 0.3 is 0 Å². The summed E-state index contributed by atoms with van der Waals surface area (Å²) in [5.74, 6) is 0.609. The lowest BCUT2D eigenvalue weighted by Gasteiger charge is -2.12. The molecule has 0 aromatic heterocycles. The zero-order valence-corrected chi connectivity index (χ0v) is 13.5. The van der Waals surface area contributed by atoms with Crippen molar-refractivity contribution in [3.8, 4) is 11.5 Å². The smallest absolute Gasteiger partial charge is 0.126 e. The molecule has 2 aromatic rings. The van der Waals surface area contributed by atoms with Crippen LogP contribution in [0.5, 0.6) is 11.5 Å². The molecule has 3 heteroatoms. The normalized spacial score (nSPS) is 10.9. The first-order valence-corrected chi connectivity index (χ1v) is 7.47. The summed E-state index contributed by atoms with van der Waals surface area (Å²) in [6.45, 7) is 5.84. The van der Waals surface area contributed by atoms with Gasteiger partial charge < -0.3 is 9.84 Å². The number of phenols is 1. The number of hydrogen-bond acceptors (Lipinski definition) is 2. The monoisotopic (exact) mass is 312 g/mol. The number of halogens is 1. The Hall–Kier alpha value is -2.55. The van der Waals surface area contributed by atoms with Gasteiger partial charge in [-0.1, -0.05) is 29.9 Å². The van der Waals surface area contributed by atoms with Gasteiger partial charge in [0, 0.05) is 5.56 Å². The van der Waals surface area contributed by atoms with Crippen LogP contribution in [-0.4, -0.2) is 12.2 Å². The molecule has 2 aromatic carbocycles. The standard InChI is InChI=1S/C20H21FO2/c1-14(2)4-11-18-19(22)12-16(13-20(18)23-3)6-5-15-7-9-17(21)10-8-15/h5-10,12-13,22H,1,4,11H2,2-3H3. The number of benzene rings is 2. The van der Waals surface area contributed by atoms with Gasteiger partial charge in [0.1, 0.15) is 17.3 Å². The van der Waals surface area contributed by atoms with E-state index in [1.807, 2.05) is 25.1 Å². The maximum absolute atomic E-state index is 12.9. The molecule has 23 heavy (non-hydrogen) atoms. The molecule has 0 heterocycles. The summed E-state index contributed by atoms with van der Waals surface area (Å²) in [5.41, 5.74) is 3.56. The van der Waals surface area contributed by atoms with Crippen LogP contribution in [-0.2, 0) is 6.42 Å². The molecule has 0 unspecified atom stereocenters. The SMILES string of the molecule is C=C(C)CCc1c(O)cc(C=Cc2ccc(F)cc2)cc1OC. The molecule has 120 valence electrons. The minimum Gasteiger partial charge on any atom is -0.508 e. The number of methoxy groups -OCH3 is 1. The van der Waals surface area contributed by atoms with Gasteiger partial charge in [-0.15, -0.1) is 6.58 Å². The van der Waals surface area contributed by atoms with Gasteiger partial charge in [0.25, 0.3) is 0 Å². The third-order valence-corrected chi connectivity index (χ3v) is 3.57. The number of ether oxygens (including phenoxy) is 1. The Bertz CT molecular complexity index is 715. The molecule has 0 saturated carbocycles. The molecule has 0 aliphatic rings. The minimum absolute atomic E-state index is 0.212. The highest BCUT2D eigenvalue weighted by Gasteiger charge is 2.10. The summed E-state index contributed by atoms with van der Waals surface area (Å²) in [6, 6.07) is 9.81. The Balaban J connectivity index is 2.24.